The van der Waals surface area contributed by atoms with Crippen LogP contribution in [0.5, 0.6) is 0 Å². The molecule has 21 heavy (non-hydrogen) atoms. The second kappa shape index (κ2) is 5.73. The molecule has 1 heterocycles. The molecule has 1 saturated heterocycles. The van der Waals surface area contributed by atoms with E-state index in [0.29, 0.717) is 0 Å². The summed E-state index contributed by atoms with van der Waals surface area (Å²) in [5.74, 6) is 1.73. The molecule has 4 rings (SSSR count). The number of fused-ring (bicyclic) bond motifs is 3. The molecule has 1 saturated carbocycles. The lowest BCUT2D eigenvalue weighted by molar-refractivity contribution is 0.264. The van der Waals surface area contributed by atoms with Crippen LogP contribution in [0.25, 0.3) is 0 Å². The fraction of sp³-hybridized carbons (Fsp3) is 0.684. The van der Waals surface area contributed by atoms with Crippen LogP contribution in [0, 0.1) is 11.8 Å². The van der Waals surface area contributed by atoms with Crippen LogP contribution >= 0.6 is 0 Å². The standard InChI is InChI=1S/C19H28N2/c1-21-10-4-7-18(21)13-20-19-16-8-9-17(19)12-15-6-3-2-5-14(15)11-16/h2-3,5-6,16-20H,4,7-13H2,1H3. The summed E-state index contributed by atoms with van der Waals surface area (Å²) >= 11 is 0. The zero-order valence-corrected chi connectivity index (χ0v) is 13.2. The Kier molecular flexibility index (Phi) is 3.76. The van der Waals surface area contributed by atoms with E-state index in [4.69, 9.17) is 0 Å². The molecule has 114 valence electrons. The highest BCUT2D eigenvalue weighted by Gasteiger charge is 2.39. The highest BCUT2D eigenvalue weighted by atomic mass is 15.2. The molecule has 1 aromatic rings. The first-order chi connectivity index (χ1) is 10.3. The van der Waals surface area contributed by atoms with Crippen molar-refractivity contribution in [3.8, 4) is 0 Å². The number of rotatable bonds is 3. The van der Waals surface area contributed by atoms with Crippen LogP contribution in [0.4, 0.5) is 0 Å². The summed E-state index contributed by atoms with van der Waals surface area (Å²) in [4.78, 5) is 2.54. The third-order valence-corrected chi connectivity index (χ3v) is 6.27. The van der Waals surface area contributed by atoms with E-state index in [1.165, 1.54) is 51.6 Å². The number of hydrogen-bond donors (Lipinski definition) is 1. The van der Waals surface area contributed by atoms with Crippen LogP contribution < -0.4 is 5.32 Å². The molecule has 1 aliphatic heterocycles. The molecule has 0 amide bonds. The van der Waals surface area contributed by atoms with Gasteiger partial charge in [-0.1, -0.05) is 24.3 Å². The summed E-state index contributed by atoms with van der Waals surface area (Å²) in [5, 5.41) is 3.99. The minimum absolute atomic E-state index is 0.756. The minimum atomic E-state index is 0.756. The van der Waals surface area contributed by atoms with E-state index >= 15 is 0 Å². The first-order valence-electron chi connectivity index (χ1n) is 8.81. The summed E-state index contributed by atoms with van der Waals surface area (Å²) in [7, 11) is 2.29. The van der Waals surface area contributed by atoms with Crippen molar-refractivity contribution in [3.63, 3.8) is 0 Å². The fourth-order valence-corrected chi connectivity index (χ4v) is 4.99. The lowest BCUT2D eigenvalue weighted by atomic mass is 9.94. The zero-order chi connectivity index (χ0) is 14.2. The number of likely N-dealkylation sites (tertiary alicyclic amines) is 1. The molecule has 3 atom stereocenters. The van der Waals surface area contributed by atoms with E-state index in [1.807, 2.05) is 0 Å². The average molecular weight is 284 g/mol. The summed E-state index contributed by atoms with van der Waals surface area (Å²) < 4.78 is 0. The third kappa shape index (κ3) is 2.64. The van der Waals surface area contributed by atoms with Gasteiger partial charge in [0.15, 0.2) is 0 Å². The summed E-state index contributed by atoms with van der Waals surface area (Å²) in [6.45, 7) is 2.49. The molecule has 0 aromatic heterocycles. The second-order valence-electron chi connectivity index (χ2n) is 7.49. The SMILES string of the molecule is CN1CCCC1CNC1C2CCC1Cc1ccccc1C2. The number of likely N-dealkylation sites (N-methyl/N-ethyl adjacent to an activating group) is 1. The molecule has 0 spiro atoms. The van der Waals surface area contributed by atoms with E-state index in [-0.39, 0.29) is 0 Å². The largest absolute Gasteiger partial charge is 0.312 e. The van der Waals surface area contributed by atoms with Crippen LogP contribution in [0.2, 0.25) is 0 Å². The Bertz CT molecular complexity index is 465. The van der Waals surface area contributed by atoms with Gasteiger partial charge in [0.05, 0.1) is 0 Å². The zero-order valence-electron chi connectivity index (χ0n) is 13.2. The molecule has 2 aliphatic carbocycles. The lowest BCUT2D eigenvalue weighted by Gasteiger charge is -2.27. The van der Waals surface area contributed by atoms with Gasteiger partial charge in [0, 0.05) is 18.6 Å². The van der Waals surface area contributed by atoms with Gasteiger partial charge in [-0.15, -0.1) is 0 Å². The smallest absolute Gasteiger partial charge is 0.0218 e. The van der Waals surface area contributed by atoms with Crippen molar-refractivity contribution in [2.45, 2.75) is 50.6 Å². The Morgan fingerprint density at radius 3 is 2.29 bits per heavy atom. The maximum atomic E-state index is 3.99. The van der Waals surface area contributed by atoms with Crippen molar-refractivity contribution in [2.24, 2.45) is 11.8 Å². The monoisotopic (exact) mass is 284 g/mol. The van der Waals surface area contributed by atoms with Gasteiger partial charge in [-0.3, -0.25) is 0 Å². The molecule has 2 bridgehead atoms. The third-order valence-electron chi connectivity index (χ3n) is 6.27. The van der Waals surface area contributed by atoms with Gasteiger partial charge in [-0.25, -0.2) is 0 Å². The Morgan fingerprint density at radius 2 is 1.71 bits per heavy atom. The molecule has 3 aliphatic rings. The van der Waals surface area contributed by atoms with Gasteiger partial charge in [-0.2, -0.15) is 0 Å². The van der Waals surface area contributed by atoms with E-state index in [9.17, 15) is 0 Å². The van der Waals surface area contributed by atoms with E-state index in [0.717, 1.165) is 23.9 Å². The van der Waals surface area contributed by atoms with Crippen LogP contribution in [0.3, 0.4) is 0 Å². The van der Waals surface area contributed by atoms with Crippen LogP contribution in [0.15, 0.2) is 24.3 Å². The number of nitrogens with zero attached hydrogens (tertiary/aromatic N) is 1. The van der Waals surface area contributed by atoms with Crippen molar-refractivity contribution in [1.29, 1.82) is 0 Å². The van der Waals surface area contributed by atoms with Crippen molar-refractivity contribution >= 4 is 0 Å². The highest BCUT2D eigenvalue weighted by Crippen LogP contribution is 2.40. The van der Waals surface area contributed by atoms with Crippen molar-refractivity contribution in [3.05, 3.63) is 35.4 Å². The molecule has 1 aromatic carbocycles. The fourth-order valence-electron chi connectivity index (χ4n) is 4.99. The van der Waals surface area contributed by atoms with Gasteiger partial charge in [0.1, 0.15) is 0 Å². The Hall–Kier alpha value is -0.860. The van der Waals surface area contributed by atoms with E-state index in [1.54, 1.807) is 11.1 Å². The van der Waals surface area contributed by atoms with Crippen molar-refractivity contribution in [2.75, 3.05) is 20.1 Å². The molecular formula is C19H28N2. The van der Waals surface area contributed by atoms with Crippen LogP contribution in [0.1, 0.15) is 36.8 Å². The predicted molar refractivity (Wildman–Crippen MR) is 87.5 cm³/mol. The molecule has 1 N–H and O–H groups in total. The number of benzene rings is 1. The summed E-state index contributed by atoms with van der Waals surface area (Å²) in [6.07, 6.45) is 8.21. The molecule has 2 heteroatoms. The Balaban J connectivity index is 1.45. The highest BCUT2D eigenvalue weighted by molar-refractivity contribution is 5.30. The van der Waals surface area contributed by atoms with Gasteiger partial charge < -0.3 is 10.2 Å². The molecule has 3 unspecified atom stereocenters. The van der Waals surface area contributed by atoms with Gasteiger partial charge in [0.2, 0.25) is 0 Å². The average Bonchev–Trinajstić information content (AvgIpc) is 2.99. The van der Waals surface area contributed by atoms with Gasteiger partial charge in [-0.05, 0) is 75.1 Å². The van der Waals surface area contributed by atoms with E-state index < -0.39 is 0 Å². The molecule has 2 nitrogen and oxygen atoms in total. The van der Waals surface area contributed by atoms with Crippen molar-refractivity contribution < 1.29 is 0 Å². The molecular weight excluding hydrogens is 256 g/mol. The van der Waals surface area contributed by atoms with Crippen LogP contribution in [-0.4, -0.2) is 37.1 Å². The summed E-state index contributed by atoms with van der Waals surface area (Å²) in [5.41, 5.74) is 3.24. The van der Waals surface area contributed by atoms with E-state index in [2.05, 4.69) is 41.5 Å². The maximum Gasteiger partial charge on any atom is 0.0218 e. The first-order valence-corrected chi connectivity index (χ1v) is 8.81. The summed E-state index contributed by atoms with van der Waals surface area (Å²) in [6, 6.07) is 10.7. The van der Waals surface area contributed by atoms with Gasteiger partial charge >= 0.3 is 0 Å². The Labute approximate surface area is 128 Å². The Morgan fingerprint density at radius 1 is 1.05 bits per heavy atom. The lowest BCUT2D eigenvalue weighted by Crippen LogP contribution is -2.44. The topological polar surface area (TPSA) is 15.3 Å². The minimum Gasteiger partial charge on any atom is -0.312 e. The van der Waals surface area contributed by atoms with Crippen molar-refractivity contribution in [1.82, 2.24) is 10.2 Å². The number of nitrogens with one attached hydrogen (secondary N) is 1. The normalized spacial score (nSPS) is 35.7. The van der Waals surface area contributed by atoms with Gasteiger partial charge in [0.25, 0.3) is 0 Å². The van der Waals surface area contributed by atoms with Crippen LogP contribution in [-0.2, 0) is 12.8 Å². The predicted octanol–water partition coefficient (Wildman–Crippen LogP) is 2.86. The second-order valence-corrected chi connectivity index (χ2v) is 7.49. The number of hydrogen-bond acceptors (Lipinski definition) is 2. The molecule has 2 fully saturated rings. The first kappa shape index (κ1) is 13.8. The maximum absolute atomic E-state index is 3.99. The molecule has 0 radical (unpaired) electrons. The quantitative estimate of drug-likeness (QED) is 0.918.